The van der Waals surface area contributed by atoms with Gasteiger partial charge in [-0.15, -0.1) is 0 Å². The Kier molecular flexibility index (Phi) is 6.37. The Morgan fingerprint density at radius 2 is 1.70 bits per heavy atom. The molecule has 0 N–H and O–H groups in total. The maximum atomic E-state index is 14.0. The molecule has 1 aromatic rings. The number of hydrogen-bond acceptors (Lipinski definition) is 5. The number of halogens is 2. The van der Waals surface area contributed by atoms with Crippen molar-refractivity contribution >= 4 is 22.7 Å². The van der Waals surface area contributed by atoms with E-state index in [0.717, 1.165) is 12.1 Å². The molecule has 0 bridgehead atoms. The summed E-state index contributed by atoms with van der Waals surface area (Å²) in [5.41, 5.74) is -1.16. The van der Waals surface area contributed by atoms with E-state index in [1.807, 2.05) is 0 Å². The van der Waals surface area contributed by atoms with E-state index in [1.54, 1.807) is 27.7 Å². The molecule has 0 aliphatic carbocycles. The number of esters is 2. The van der Waals surface area contributed by atoms with Gasteiger partial charge in [0.05, 0.1) is 23.0 Å². The van der Waals surface area contributed by atoms with E-state index in [1.165, 1.54) is 0 Å². The molecular weight excluding hydrogens is 330 g/mol. The number of carbonyl (C=O) groups excluding carboxylic acids is 2. The Hall–Kier alpha value is -1.83. The Balaban J connectivity index is 3.04. The van der Waals surface area contributed by atoms with Crippen LogP contribution in [-0.4, -0.2) is 34.1 Å². The lowest BCUT2D eigenvalue weighted by Crippen LogP contribution is -2.24. The third kappa shape index (κ3) is 5.70. The van der Waals surface area contributed by atoms with Crippen LogP contribution in [-0.2, 0) is 25.1 Å². The molecule has 0 aromatic heterocycles. The van der Waals surface area contributed by atoms with Gasteiger partial charge in [-0.2, -0.15) is 0 Å². The average Bonchev–Trinajstić information content (AvgIpc) is 2.35. The fourth-order valence-electron chi connectivity index (χ4n) is 1.61. The third-order valence-corrected chi connectivity index (χ3v) is 3.76. The van der Waals surface area contributed by atoms with Crippen molar-refractivity contribution in [3.05, 3.63) is 29.3 Å². The molecule has 0 aliphatic rings. The van der Waals surface area contributed by atoms with Gasteiger partial charge in [-0.05, 0) is 39.8 Å². The zero-order chi connectivity index (χ0) is 17.8. The van der Waals surface area contributed by atoms with Gasteiger partial charge in [0.15, 0.2) is 0 Å². The summed E-state index contributed by atoms with van der Waals surface area (Å²) in [6.07, 6.45) is 0. The summed E-state index contributed by atoms with van der Waals surface area (Å²) >= 11 is 0. The predicted molar refractivity (Wildman–Crippen MR) is 79.4 cm³/mol. The second-order valence-electron chi connectivity index (χ2n) is 5.57. The Bertz CT molecular complexity index is 614. The largest absolute Gasteiger partial charge is 0.465 e. The lowest BCUT2D eigenvalue weighted by atomic mass is 10.1. The first kappa shape index (κ1) is 19.2. The minimum Gasteiger partial charge on any atom is -0.465 e. The first-order valence-corrected chi connectivity index (χ1v) is 8.13. The van der Waals surface area contributed by atoms with Crippen molar-refractivity contribution in [1.82, 2.24) is 0 Å². The summed E-state index contributed by atoms with van der Waals surface area (Å²) in [6.45, 7) is 6.46. The quantitative estimate of drug-likeness (QED) is 0.765. The molecule has 0 spiro atoms. The lowest BCUT2D eigenvalue weighted by Gasteiger charge is -2.19. The molecule has 1 aromatic carbocycles. The van der Waals surface area contributed by atoms with Crippen molar-refractivity contribution in [3.63, 3.8) is 0 Å². The third-order valence-electron chi connectivity index (χ3n) is 2.41. The normalized spacial score (nSPS) is 12.6. The minimum atomic E-state index is -2.26. The highest BCUT2D eigenvalue weighted by molar-refractivity contribution is 7.85. The highest BCUT2D eigenvalue weighted by Crippen LogP contribution is 2.21. The summed E-state index contributed by atoms with van der Waals surface area (Å²) < 4.78 is 49.5. The van der Waals surface area contributed by atoms with Gasteiger partial charge < -0.3 is 9.47 Å². The van der Waals surface area contributed by atoms with Crippen LogP contribution < -0.4 is 0 Å². The van der Waals surface area contributed by atoms with Crippen molar-refractivity contribution in [2.75, 3.05) is 12.4 Å². The van der Waals surface area contributed by atoms with Gasteiger partial charge in [0.25, 0.3) is 0 Å². The molecule has 8 heteroatoms. The zero-order valence-electron chi connectivity index (χ0n) is 13.3. The van der Waals surface area contributed by atoms with Crippen LogP contribution in [0.25, 0.3) is 0 Å². The van der Waals surface area contributed by atoms with E-state index in [2.05, 4.69) is 4.74 Å². The Labute approximate surface area is 135 Å². The fraction of sp³-hybridized carbons (Fsp3) is 0.467. The smallest absolute Gasteiger partial charge is 0.338 e. The van der Waals surface area contributed by atoms with Crippen molar-refractivity contribution in [3.8, 4) is 0 Å². The molecule has 0 fully saturated rings. The summed E-state index contributed by atoms with van der Waals surface area (Å²) in [6, 6.07) is 1.46. The molecule has 0 amide bonds. The molecule has 1 atom stereocenters. The van der Waals surface area contributed by atoms with Crippen LogP contribution in [0.5, 0.6) is 0 Å². The van der Waals surface area contributed by atoms with Crippen molar-refractivity contribution in [1.29, 1.82) is 0 Å². The van der Waals surface area contributed by atoms with Gasteiger partial charge in [0, 0.05) is 0 Å². The van der Waals surface area contributed by atoms with Gasteiger partial charge in [0.2, 0.25) is 0 Å². The van der Waals surface area contributed by atoms with E-state index in [-0.39, 0.29) is 12.2 Å². The molecular formula is C15H18F2O5S. The van der Waals surface area contributed by atoms with E-state index < -0.39 is 50.6 Å². The van der Waals surface area contributed by atoms with Gasteiger partial charge in [-0.1, -0.05) is 0 Å². The maximum absolute atomic E-state index is 14.0. The van der Waals surface area contributed by atoms with Crippen molar-refractivity contribution in [2.45, 2.75) is 38.2 Å². The maximum Gasteiger partial charge on any atom is 0.338 e. The molecule has 5 nitrogen and oxygen atoms in total. The number of ether oxygens (including phenoxy) is 2. The van der Waals surface area contributed by atoms with Crippen molar-refractivity contribution < 1.29 is 32.1 Å². The van der Waals surface area contributed by atoms with Crippen molar-refractivity contribution in [2.24, 2.45) is 0 Å². The van der Waals surface area contributed by atoms with E-state index in [0.29, 0.717) is 0 Å². The molecule has 128 valence electrons. The number of rotatable bonds is 5. The standard InChI is InChI=1S/C15H18F2O5S/c1-5-21-12(18)8-23(20)13-10(16)6-9(7-11(13)17)14(19)22-15(2,3)4/h6-7H,5,8H2,1-4H3. The Morgan fingerprint density at radius 3 is 2.13 bits per heavy atom. The van der Waals surface area contributed by atoms with Crippen LogP contribution in [0.4, 0.5) is 8.78 Å². The highest BCUT2D eigenvalue weighted by atomic mass is 32.2. The van der Waals surface area contributed by atoms with Gasteiger partial charge in [0.1, 0.15) is 27.9 Å². The highest BCUT2D eigenvalue weighted by Gasteiger charge is 2.24. The molecule has 0 heterocycles. The molecule has 23 heavy (non-hydrogen) atoms. The van der Waals surface area contributed by atoms with E-state index in [4.69, 9.17) is 4.74 Å². The summed E-state index contributed by atoms with van der Waals surface area (Å²) in [5.74, 6) is -4.78. The zero-order valence-corrected chi connectivity index (χ0v) is 14.1. The number of hydrogen-bond donors (Lipinski definition) is 0. The minimum absolute atomic E-state index is 0.0680. The Morgan fingerprint density at radius 1 is 1.17 bits per heavy atom. The number of carbonyl (C=O) groups is 2. The molecule has 0 saturated carbocycles. The van der Waals surface area contributed by atoms with Crippen LogP contribution >= 0.6 is 0 Å². The molecule has 0 aliphatic heterocycles. The van der Waals surface area contributed by atoms with Crippen LogP contribution in [0.1, 0.15) is 38.1 Å². The van der Waals surface area contributed by atoms with Gasteiger partial charge in [-0.3, -0.25) is 9.00 Å². The van der Waals surface area contributed by atoms with Crippen LogP contribution in [0.3, 0.4) is 0 Å². The number of benzene rings is 1. The first-order valence-electron chi connectivity index (χ1n) is 6.81. The predicted octanol–water partition coefficient (Wildman–Crippen LogP) is 2.59. The van der Waals surface area contributed by atoms with Crippen LogP contribution in [0.15, 0.2) is 17.0 Å². The molecule has 0 radical (unpaired) electrons. The van der Waals surface area contributed by atoms with E-state index >= 15 is 0 Å². The van der Waals surface area contributed by atoms with E-state index in [9.17, 15) is 22.6 Å². The topological polar surface area (TPSA) is 69.7 Å². The monoisotopic (exact) mass is 348 g/mol. The molecule has 1 rings (SSSR count). The summed E-state index contributed by atoms with van der Waals surface area (Å²) in [5, 5.41) is 0. The summed E-state index contributed by atoms with van der Waals surface area (Å²) in [7, 11) is -2.26. The van der Waals surface area contributed by atoms with Gasteiger partial charge >= 0.3 is 11.9 Å². The van der Waals surface area contributed by atoms with Gasteiger partial charge in [-0.25, -0.2) is 13.6 Å². The first-order chi connectivity index (χ1) is 10.5. The SMILES string of the molecule is CCOC(=O)CS(=O)c1c(F)cc(C(=O)OC(C)(C)C)cc1F. The molecule has 0 saturated heterocycles. The van der Waals surface area contributed by atoms with Crippen LogP contribution in [0, 0.1) is 11.6 Å². The fourth-order valence-corrected chi connectivity index (χ4v) is 2.61. The molecule has 1 unspecified atom stereocenters. The second kappa shape index (κ2) is 7.63. The van der Waals surface area contributed by atoms with Crippen LogP contribution in [0.2, 0.25) is 0 Å². The average molecular weight is 348 g/mol. The lowest BCUT2D eigenvalue weighted by molar-refractivity contribution is -0.139. The second-order valence-corrected chi connectivity index (χ2v) is 6.95. The summed E-state index contributed by atoms with van der Waals surface area (Å²) in [4.78, 5) is 22.3.